The van der Waals surface area contributed by atoms with Crippen molar-refractivity contribution >= 4 is 18.0 Å². The van der Waals surface area contributed by atoms with E-state index in [0.29, 0.717) is 18.8 Å². The molecule has 6 heteroatoms. The van der Waals surface area contributed by atoms with Crippen molar-refractivity contribution < 1.29 is 9.90 Å². The van der Waals surface area contributed by atoms with Crippen LogP contribution in [0.15, 0.2) is 40.4 Å². The summed E-state index contributed by atoms with van der Waals surface area (Å²) in [6.45, 7) is 1.03. The van der Waals surface area contributed by atoms with Crippen LogP contribution in [0.1, 0.15) is 18.4 Å². The molecular weight excluding hydrogens is 256 g/mol. The first-order valence-electron chi connectivity index (χ1n) is 6.55. The Morgan fingerprint density at radius 1 is 1.45 bits per heavy atom. The number of carboxylic acid groups (broad SMARTS) is 1. The van der Waals surface area contributed by atoms with Crippen molar-refractivity contribution in [3.8, 4) is 0 Å². The van der Waals surface area contributed by atoms with Gasteiger partial charge in [0, 0.05) is 18.3 Å². The van der Waals surface area contributed by atoms with Crippen molar-refractivity contribution in [1.29, 1.82) is 0 Å². The molecule has 106 valence electrons. The third-order valence-electron chi connectivity index (χ3n) is 3.36. The highest BCUT2D eigenvalue weighted by Gasteiger charge is 2.27. The second kappa shape index (κ2) is 6.70. The van der Waals surface area contributed by atoms with E-state index in [4.69, 9.17) is 10.9 Å². The first-order valence-corrected chi connectivity index (χ1v) is 6.55. The molecule has 6 nitrogen and oxygen atoms in total. The van der Waals surface area contributed by atoms with E-state index in [2.05, 4.69) is 10.1 Å². The van der Waals surface area contributed by atoms with Crippen molar-refractivity contribution in [3.63, 3.8) is 0 Å². The molecule has 2 rings (SSSR count). The number of aliphatic imine (C=N–C) groups is 1. The summed E-state index contributed by atoms with van der Waals surface area (Å²) in [7, 11) is 0. The standard InChI is InChI=1S/C14H18N4O2/c15-17-13(11-5-2-1-3-6-11)10-16-9-12-7-4-8-18(12)14(19)20/h1-3,5-6,10,12H,4,7-9,15H2,(H,19,20)/b16-10?,17-13+/t12-/m0/s1. The highest BCUT2D eigenvalue weighted by atomic mass is 16.4. The number of hydrogen-bond acceptors (Lipinski definition) is 4. The van der Waals surface area contributed by atoms with Crippen molar-refractivity contribution in [2.45, 2.75) is 18.9 Å². The van der Waals surface area contributed by atoms with Crippen LogP contribution in [-0.2, 0) is 0 Å². The van der Waals surface area contributed by atoms with Gasteiger partial charge >= 0.3 is 6.09 Å². The first-order chi connectivity index (χ1) is 9.72. The largest absolute Gasteiger partial charge is 0.465 e. The van der Waals surface area contributed by atoms with Crippen LogP contribution in [0.2, 0.25) is 0 Å². The molecule has 20 heavy (non-hydrogen) atoms. The van der Waals surface area contributed by atoms with E-state index in [9.17, 15) is 4.79 Å². The predicted octanol–water partition coefficient (Wildman–Crippen LogP) is 1.56. The summed E-state index contributed by atoms with van der Waals surface area (Å²) < 4.78 is 0. The predicted molar refractivity (Wildman–Crippen MR) is 78.3 cm³/mol. The number of benzene rings is 1. The normalized spacial score (nSPS) is 19.7. The lowest BCUT2D eigenvalue weighted by atomic mass is 10.1. The summed E-state index contributed by atoms with van der Waals surface area (Å²) in [6, 6.07) is 9.47. The fourth-order valence-corrected chi connectivity index (χ4v) is 2.33. The molecule has 0 aromatic heterocycles. The molecule has 1 aliphatic rings. The molecule has 1 amide bonds. The van der Waals surface area contributed by atoms with Gasteiger partial charge in [-0.05, 0) is 12.8 Å². The van der Waals surface area contributed by atoms with Gasteiger partial charge < -0.3 is 15.8 Å². The highest BCUT2D eigenvalue weighted by Crippen LogP contribution is 2.17. The minimum absolute atomic E-state index is 0.0430. The van der Waals surface area contributed by atoms with Crippen molar-refractivity contribution in [2.24, 2.45) is 15.9 Å². The third kappa shape index (κ3) is 3.34. The molecule has 1 saturated heterocycles. The molecule has 3 N–H and O–H groups in total. The van der Waals surface area contributed by atoms with Crippen LogP contribution < -0.4 is 5.84 Å². The lowest BCUT2D eigenvalue weighted by Gasteiger charge is -2.19. The Labute approximate surface area is 117 Å². The molecule has 0 bridgehead atoms. The number of likely N-dealkylation sites (tertiary alicyclic amines) is 1. The smallest absolute Gasteiger partial charge is 0.407 e. The van der Waals surface area contributed by atoms with E-state index >= 15 is 0 Å². The molecule has 1 aromatic carbocycles. The number of amides is 1. The van der Waals surface area contributed by atoms with E-state index in [1.807, 2.05) is 30.3 Å². The Hall–Kier alpha value is -2.37. The maximum atomic E-state index is 11.0. The summed E-state index contributed by atoms with van der Waals surface area (Å²) in [5.41, 5.74) is 1.48. The van der Waals surface area contributed by atoms with Gasteiger partial charge in [-0.15, -0.1) is 0 Å². The minimum atomic E-state index is -0.876. The molecule has 1 atom stereocenters. The van der Waals surface area contributed by atoms with Gasteiger partial charge in [0.1, 0.15) is 5.71 Å². The monoisotopic (exact) mass is 274 g/mol. The van der Waals surface area contributed by atoms with Crippen LogP contribution in [0.3, 0.4) is 0 Å². The van der Waals surface area contributed by atoms with Gasteiger partial charge in [-0.2, -0.15) is 5.10 Å². The van der Waals surface area contributed by atoms with Gasteiger partial charge in [0.05, 0.1) is 12.6 Å². The summed E-state index contributed by atoms with van der Waals surface area (Å²) in [4.78, 5) is 16.8. The number of nitrogens with zero attached hydrogens (tertiary/aromatic N) is 3. The first kappa shape index (κ1) is 14.0. The van der Waals surface area contributed by atoms with Crippen LogP contribution in [0.4, 0.5) is 4.79 Å². The zero-order valence-electron chi connectivity index (χ0n) is 11.1. The van der Waals surface area contributed by atoms with E-state index in [1.54, 1.807) is 6.21 Å². The minimum Gasteiger partial charge on any atom is -0.465 e. The number of carbonyl (C=O) groups is 1. The molecule has 0 radical (unpaired) electrons. The molecular formula is C14H18N4O2. The Bertz CT molecular complexity index is 513. The Morgan fingerprint density at radius 3 is 2.85 bits per heavy atom. The van der Waals surface area contributed by atoms with Crippen LogP contribution in [-0.4, -0.2) is 47.2 Å². The Morgan fingerprint density at radius 2 is 2.20 bits per heavy atom. The van der Waals surface area contributed by atoms with E-state index in [1.165, 1.54) is 4.90 Å². The molecule has 0 aliphatic carbocycles. The quantitative estimate of drug-likeness (QED) is 0.496. The zero-order chi connectivity index (χ0) is 14.4. The van der Waals surface area contributed by atoms with Crippen LogP contribution >= 0.6 is 0 Å². The van der Waals surface area contributed by atoms with Crippen molar-refractivity contribution in [2.75, 3.05) is 13.1 Å². The number of hydrazone groups is 1. The molecule has 0 saturated carbocycles. The highest BCUT2D eigenvalue weighted by molar-refractivity contribution is 6.38. The number of nitrogens with two attached hydrogens (primary N) is 1. The van der Waals surface area contributed by atoms with Gasteiger partial charge in [-0.25, -0.2) is 4.79 Å². The van der Waals surface area contributed by atoms with Gasteiger partial charge in [-0.1, -0.05) is 30.3 Å². The van der Waals surface area contributed by atoms with Gasteiger partial charge in [0.15, 0.2) is 0 Å². The summed E-state index contributed by atoms with van der Waals surface area (Å²) in [5, 5.41) is 12.8. The van der Waals surface area contributed by atoms with E-state index < -0.39 is 6.09 Å². The molecule has 1 heterocycles. The molecule has 0 spiro atoms. The van der Waals surface area contributed by atoms with Crippen molar-refractivity contribution in [3.05, 3.63) is 35.9 Å². The molecule has 0 unspecified atom stereocenters. The maximum absolute atomic E-state index is 11.0. The van der Waals surface area contributed by atoms with E-state index in [0.717, 1.165) is 18.4 Å². The summed E-state index contributed by atoms with van der Waals surface area (Å²) in [6.07, 6.45) is 2.47. The van der Waals surface area contributed by atoms with Gasteiger partial charge in [0.25, 0.3) is 0 Å². The van der Waals surface area contributed by atoms with E-state index in [-0.39, 0.29) is 6.04 Å². The van der Waals surface area contributed by atoms with Crippen LogP contribution in [0, 0.1) is 0 Å². The average molecular weight is 274 g/mol. The third-order valence-corrected chi connectivity index (χ3v) is 3.36. The van der Waals surface area contributed by atoms with Gasteiger partial charge in [0.2, 0.25) is 0 Å². The fourth-order valence-electron chi connectivity index (χ4n) is 2.33. The number of hydrogen-bond donors (Lipinski definition) is 2. The topological polar surface area (TPSA) is 91.3 Å². The zero-order valence-corrected chi connectivity index (χ0v) is 11.1. The Kier molecular flexibility index (Phi) is 4.70. The van der Waals surface area contributed by atoms with Crippen molar-refractivity contribution in [1.82, 2.24) is 4.90 Å². The fraction of sp³-hybridized carbons (Fsp3) is 0.357. The molecule has 1 fully saturated rings. The SMILES string of the molecule is N/N=C(\C=NC[C@@H]1CCCN1C(=O)O)c1ccccc1. The lowest BCUT2D eigenvalue weighted by Crippen LogP contribution is -2.36. The summed E-state index contributed by atoms with van der Waals surface area (Å²) in [5.74, 6) is 5.37. The summed E-state index contributed by atoms with van der Waals surface area (Å²) >= 11 is 0. The lowest BCUT2D eigenvalue weighted by molar-refractivity contribution is 0.141. The van der Waals surface area contributed by atoms with Crippen LogP contribution in [0.5, 0.6) is 0 Å². The second-order valence-corrected chi connectivity index (χ2v) is 4.65. The number of rotatable bonds is 4. The van der Waals surface area contributed by atoms with Gasteiger partial charge in [-0.3, -0.25) is 4.99 Å². The Balaban J connectivity index is 1.97. The maximum Gasteiger partial charge on any atom is 0.407 e. The molecule has 1 aromatic rings. The second-order valence-electron chi connectivity index (χ2n) is 4.65. The van der Waals surface area contributed by atoms with Crippen LogP contribution in [0.25, 0.3) is 0 Å². The molecule has 1 aliphatic heterocycles. The average Bonchev–Trinajstić information content (AvgIpc) is 2.93.